The molecule has 2 atom stereocenters. The maximum Gasteiger partial charge on any atom is 0.163 e. The predicted octanol–water partition coefficient (Wildman–Crippen LogP) is 5.00. The summed E-state index contributed by atoms with van der Waals surface area (Å²) in [7, 11) is 0. The first-order chi connectivity index (χ1) is 10.1. The van der Waals surface area contributed by atoms with Crippen LogP contribution in [0.1, 0.15) is 49.9 Å². The Kier molecular flexibility index (Phi) is 3.96. The third-order valence-electron chi connectivity index (χ3n) is 4.43. The number of ether oxygens (including phenoxy) is 1. The maximum atomic E-state index is 11.9. The molecule has 1 fully saturated rings. The van der Waals surface area contributed by atoms with Gasteiger partial charge >= 0.3 is 0 Å². The molecule has 1 saturated carbocycles. The summed E-state index contributed by atoms with van der Waals surface area (Å²) < 4.78 is 6.31. The lowest BCUT2D eigenvalue weighted by Gasteiger charge is -2.28. The highest BCUT2D eigenvalue weighted by atomic mass is 16.5. The molecule has 2 aromatic rings. The maximum absolute atomic E-state index is 11.9. The fraction of sp³-hybridized carbons (Fsp3) is 0.421. The van der Waals surface area contributed by atoms with Crippen LogP contribution in [0, 0.1) is 5.92 Å². The van der Waals surface area contributed by atoms with Crippen molar-refractivity contribution in [3.63, 3.8) is 0 Å². The lowest BCUT2D eigenvalue weighted by atomic mass is 9.88. The summed E-state index contributed by atoms with van der Waals surface area (Å²) in [6.45, 7) is 3.89. The molecule has 0 heterocycles. The summed E-state index contributed by atoms with van der Waals surface area (Å²) in [5.74, 6) is 1.55. The molecule has 3 rings (SSSR count). The third-order valence-corrected chi connectivity index (χ3v) is 4.43. The molecule has 2 heteroatoms. The number of hydrogen-bond acceptors (Lipinski definition) is 2. The van der Waals surface area contributed by atoms with Gasteiger partial charge in [-0.1, -0.05) is 43.7 Å². The highest BCUT2D eigenvalue weighted by Crippen LogP contribution is 2.34. The van der Waals surface area contributed by atoms with Crippen molar-refractivity contribution in [3.8, 4) is 5.75 Å². The van der Waals surface area contributed by atoms with Crippen LogP contribution in [-0.4, -0.2) is 11.9 Å². The number of rotatable bonds is 3. The molecule has 2 unspecified atom stereocenters. The summed E-state index contributed by atoms with van der Waals surface area (Å²) in [5.41, 5.74) is 0.701. The van der Waals surface area contributed by atoms with Crippen molar-refractivity contribution in [2.24, 2.45) is 5.92 Å². The van der Waals surface area contributed by atoms with Crippen LogP contribution in [-0.2, 0) is 0 Å². The van der Waals surface area contributed by atoms with Crippen molar-refractivity contribution in [2.75, 3.05) is 0 Å². The summed E-state index contributed by atoms with van der Waals surface area (Å²) >= 11 is 0. The molecule has 0 aliphatic heterocycles. The van der Waals surface area contributed by atoms with Crippen LogP contribution in [0.2, 0.25) is 0 Å². The molecule has 0 radical (unpaired) electrons. The fourth-order valence-electron chi connectivity index (χ4n) is 3.30. The van der Waals surface area contributed by atoms with Crippen molar-refractivity contribution in [2.45, 2.75) is 45.6 Å². The van der Waals surface area contributed by atoms with Gasteiger partial charge in [-0.15, -0.1) is 0 Å². The fourth-order valence-corrected chi connectivity index (χ4v) is 3.30. The Morgan fingerprint density at radius 3 is 2.71 bits per heavy atom. The number of fused-ring (bicyclic) bond motifs is 1. The Bertz CT molecular complexity index is 660. The number of ketones is 1. The average Bonchev–Trinajstić information content (AvgIpc) is 2.47. The highest BCUT2D eigenvalue weighted by molar-refractivity contribution is 6.03. The molecular formula is C19H22O2. The quantitative estimate of drug-likeness (QED) is 0.740. The SMILES string of the molecule is CC(=O)c1ccc2ccccc2c1OC1CCCC(C)C1. The van der Waals surface area contributed by atoms with Crippen LogP contribution in [0.25, 0.3) is 10.8 Å². The Morgan fingerprint density at radius 1 is 1.14 bits per heavy atom. The zero-order valence-electron chi connectivity index (χ0n) is 12.8. The number of Topliss-reactive ketones (excluding diaryl/α,β-unsaturated/α-hetero) is 1. The molecule has 1 aliphatic carbocycles. The first kappa shape index (κ1) is 14.1. The molecule has 0 bridgehead atoms. The van der Waals surface area contributed by atoms with E-state index in [1.165, 1.54) is 12.8 Å². The first-order valence-electron chi connectivity index (χ1n) is 7.84. The van der Waals surface area contributed by atoms with Gasteiger partial charge in [-0.05, 0) is 43.6 Å². The molecule has 2 nitrogen and oxygen atoms in total. The first-order valence-corrected chi connectivity index (χ1v) is 7.84. The molecule has 1 aliphatic rings. The van der Waals surface area contributed by atoms with Crippen molar-refractivity contribution in [1.29, 1.82) is 0 Å². The van der Waals surface area contributed by atoms with E-state index >= 15 is 0 Å². The predicted molar refractivity (Wildman–Crippen MR) is 86.0 cm³/mol. The highest BCUT2D eigenvalue weighted by Gasteiger charge is 2.23. The normalized spacial score (nSPS) is 22.2. The number of benzene rings is 2. The van der Waals surface area contributed by atoms with Gasteiger partial charge in [0, 0.05) is 5.39 Å². The molecule has 110 valence electrons. The molecule has 0 saturated heterocycles. The van der Waals surface area contributed by atoms with E-state index in [9.17, 15) is 4.79 Å². The van der Waals surface area contributed by atoms with E-state index in [1.807, 2.05) is 30.3 Å². The lowest BCUT2D eigenvalue weighted by molar-refractivity contribution is 0.0995. The van der Waals surface area contributed by atoms with Gasteiger partial charge in [0.05, 0.1) is 11.7 Å². The van der Waals surface area contributed by atoms with Crippen molar-refractivity contribution in [3.05, 3.63) is 42.0 Å². The zero-order chi connectivity index (χ0) is 14.8. The Hall–Kier alpha value is -1.83. The van der Waals surface area contributed by atoms with Gasteiger partial charge in [-0.3, -0.25) is 4.79 Å². The van der Waals surface area contributed by atoms with Gasteiger partial charge in [0.2, 0.25) is 0 Å². The van der Waals surface area contributed by atoms with Gasteiger partial charge in [0.15, 0.2) is 5.78 Å². The third kappa shape index (κ3) is 2.94. The van der Waals surface area contributed by atoms with Gasteiger partial charge in [0.25, 0.3) is 0 Å². The van der Waals surface area contributed by atoms with Crippen molar-refractivity contribution >= 4 is 16.6 Å². The zero-order valence-corrected chi connectivity index (χ0v) is 12.8. The van der Waals surface area contributed by atoms with Crippen LogP contribution >= 0.6 is 0 Å². The van der Waals surface area contributed by atoms with Crippen LogP contribution in [0.5, 0.6) is 5.75 Å². The summed E-state index contributed by atoms with van der Waals surface area (Å²) in [6, 6.07) is 12.0. The summed E-state index contributed by atoms with van der Waals surface area (Å²) in [4.78, 5) is 11.9. The van der Waals surface area contributed by atoms with E-state index in [-0.39, 0.29) is 11.9 Å². The Morgan fingerprint density at radius 2 is 1.95 bits per heavy atom. The molecule has 0 N–H and O–H groups in total. The smallest absolute Gasteiger partial charge is 0.163 e. The second kappa shape index (κ2) is 5.88. The topological polar surface area (TPSA) is 26.3 Å². The van der Waals surface area contributed by atoms with E-state index in [4.69, 9.17) is 4.74 Å². The number of carbonyl (C=O) groups is 1. The van der Waals surface area contributed by atoms with Crippen LogP contribution < -0.4 is 4.74 Å². The Balaban J connectivity index is 2.01. The van der Waals surface area contributed by atoms with E-state index in [0.717, 1.165) is 29.4 Å². The minimum absolute atomic E-state index is 0.0691. The number of carbonyl (C=O) groups excluding carboxylic acids is 1. The minimum atomic E-state index is 0.0691. The van der Waals surface area contributed by atoms with Gasteiger partial charge in [-0.25, -0.2) is 0 Å². The molecular weight excluding hydrogens is 260 g/mol. The molecule has 0 spiro atoms. The second-order valence-corrected chi connectivity index (χ2v) is 6.23. The largest absolute Gasteiger partial charge is 0.489 e. The Labute approximate surface area is 126 Å². The monoisotopic (exact) mass is 282 g/mol. The van der Waals surface area contributed by atoms with Crippen LogP contribution in [0.4, 0.5) is 0 Å². The molecule has 2 aromatic carbocycles. The molecule has 21 heavy (non-hydrogen) atoms. The standard InChI is InChI=1S/C19H22O2/c1-13-6-5-8-16(12-13)21-19-17(14(2)20)11-10-15-7-3-4-9-18(15)19/h3-4,7,9-11,13,16H,5-6,8,12H2,1-2H3. The van der Waals surface area contributed by atoms with Crippen molar-refractivity contribution in [1.82, 2.24) is 0 Å². The van der Waals surface area contributed by atoms with Gasteiger partial charge in [0.1, 0.15) is 5.75 Å². The van der Waals surface area contributed by atoms with Crippen LogP contribution in [0.15, 0.2) is 36.4 Å². The molecule has 0 aromatic heterocycles. The van der Waals surface area contributed by atoms with E-state index in [2.05, 4.69) is 13.0 Å². The van der Waals surface area contributed by atoms with E-state index < -0.39 is 0 Å². The van der Waals surface area contributed by atoms with E-state index in [0.29, 0.717) is 11.5 Å². The van der Waals surface area contributed by atoms with Gasteiger partial charge in [-0.2, -0.15) is 0 Å². The average molecular weight is 282 g/mol. The van der Waals surface area contributed by atoms with Crippen molar-refractivity contribution < 1.29 is 9.53 Å². The summed E-state index contributed by atoms with van der Waals surface area (Å²) in [6.07, 6.45) is 4.91. The second-order valence-electron chi connectivity index (χ2n) is 6.23. The summed E-state index contributed by atoms with van der Waals surface area (Å²) in [5, 5.41) is 2.17. The van der Waals surface area contributed by atoms with E-state index in [1.54, 1.807) is 6.92 Å². The lowest BCUT2D eigenvalue weighted by Crippen LogP contribution is -2.24. The minimum Gasteiger partial charge on any atom is -0.489 e. The van der Waals surface area contributed by atoms with Gasteiger partial charge < -0.3 is 4.74 Å². The van der Waals surface area contributed by atoms with Crippen LogP contribution in [0.3, 0.4) is 0 Å². The molecule has 0 amide bonds. The number of hydrogen-bond donors (Lipinski definition) is 0.